The van der Waals surface area contributed by atoms with Crippen LogP contribution in [0.1, 0.15) is 49.4 Å². The van der Waals surface area contributed by atoms with E-state index < -0.39 is 0 Å². The quantitative estimate of drug-likeness (QED) is 0.731. The van der Waals surface area contributed by atoms with Gasteiger partial charge in [-0.05, 0) is 31.9 Å². The fraction of sp³-hybridized carbons (Fsp3) is 0.533. The van der Waals surface area contributed by atoms with E-state index in [9.17, 15) is 0 Å². The maximum Gasteiger partial charge on any atom is 0.141 e. The zero-order valence-corrected chi connectivity index (χ0v) is 10.6. The molecule has 1 aromatic rings. The van der Waals surface area contributed by atoms with Gasteiger partial charge < -0.3 is 4.74 Å². The maximum atomic E-state index is 5.71. The Balaban J connectivity index is 2.21. The van der Waals surface area contributed by atoms with E-state index in [4.69, 9.17) is 9.72 Å². The zero-order chi connectivity index (χ0) is 12.1. The lowest BCUT2D eigenvalue weighted by Crippen LogP contribution is -2.10. The van der Waals surface area contributed by atoms with Gasteiger partial charge in [0, 0.05) is 11.6 Å². The van der Waals surface area contributed by atoms with E-state index in [1.807, 2.05) is 13.0 Å². The molecule has 1 aromatic heterocycles. The van der Waals surface area contributed by atoms with Crippen LogP contribution < -0.4 is 4.74 Å². The van der Waals surface area contributed by atoms with Gasteiger partial charge in [-0.25, -0.2) is 0 Å². The summed E-state index contributed by atoms with van der Waals surface area (Å²) in [6, 6.07) is 4.07. The summed E-state index contributed by atoms with van der Waals surface area (Å²) in [5.41, 5.74) is 2.24. The van der Waals surface area contributed by atoms with Gasteiger partial charge in [0.1, 0.15) is 12.4 Å². The van der Waals surface area contributed by atoms with Gasteiger partial charge in [-0.2, -0.15) is 0 Å². The number of rotatable bonds is 4. The van der Waals surface area contributed by atoms with Gasteiger partial charge in [-0.1, -0.05) is 31.9 Å². The van der Waals surface area contributed by atoms with Gasteiger partial charge in [0.25, 0.3) is 0 Å². The Bertz CT molecular complexity index is 381. The monoisotopic (exact) mass is 231 g/mol. The Labute approximate surface area is 104 Å². The first-order valence-corrected chi connectivity index (χ1v) is 6.52. The molecule has 0 radical (unpaired) electrons. The largest absolute Gasteiger partial charge is 0.488 e. The van der Waals surface area contributed by atoms with Crippen LogP contribution in [0.25, 0.3) is 0 Å². The molecule has 1 aliphatic rings. The molecule has 0 aliphatic heterocycles. The fourth-order valence-corrected chi connectivity index (χ4v) is 2.50. The van der Waals surface area contributed by atoms with E-state index >= 15 is 0 Å². The zero-order valence-electron chi connectivity index (χ0n) is 10.6. The molecule has 2 heteroatoms. The van der Waals surface area contributed by atoms with Gasteiger partial charge in [0.2, 0.25) is 0 Å². The van der Waals surface area contributed by atoms with Crippen molar-refractivity contribution in [3.8, 4) is 5.75 Å². The highest BCUT2D eigenvalue weighted by molar-refractivity contribution is 5.32. The Morgan fingerprint density at radius 1 is 1.35 bits per heavy atom. The summed E-state index contributed by atoms with van der Waals surface area (Å²) < 4.78 is 5.71. The van der Waals surface area contributed by atoms with Crippen LogP contribution in [0.5, 0.6) is 5.75 Å². The molecule has 0 unspecified atom stereocenters. The number of aromatic nitrogens is 1. The molecule has 1 saturated carbocycles. The predicted molar refractivity (Wildman–Crippen MR) is 70.5 cm³/mol. The highest BCUT2D eigenvalue weighted by atomic mass is 16.5. The van der Waals surface area contributed by atoms with Crippen molar-refractivity contribution < 1.29 is 4.74 Å². The predicted octanol–water partition coefficient (Wildman–Crippen LogP) is 4.00. The van der Waals surface area contributed by atoms with Crippen LogP contribution in [0.3, 0.4) is 0 Å². The van der Waals surface area contributed by atoms with Gasteiger partial charge in [-0.15, -0.1) is 0 Å². The highest BCUT2D eigenvalue weighted by Gasteiger charge is 2.20. The number of ether oxygens (including phenoxy) is 1. The smallest absolute Gasteiger partial charge is 0.141 e. The first-order valence-electron chi connectivity index (χ1n) is 6.52. The average molecular weight is 231 g/mol. The standard InChI is InChI=1S/C15H21NO/c1-3-11-17-14-10-9-12(2)16-15(14)13-7-5-4-6-8-13/h3,9-10,13H,1,4-8,11H2,2H3. The lowest BCUT2D eigenvalue weighted by atomic mass is 9.86. The molecule has 2 rings (SSSR count). The van der Waals surface area contributed by atoms with Crippen molar-refractivity contribution in [3.05, 3.63) is 36.2 Å². The number of nitrogens with zero attached hydrogens (tertiary/aromatic N) is 1. The summed E-state index contributed by atoms with van der Waals surface area (Å²) in [6.45, 7) is 6.30. The van der Waals surface area contributed by atoms with Crippen LogP contribution in [-0.2, 0) is 0 Å². The van der Waals surface area contributed by atoms with E-state index in [1.165, 1.54) is 32.1 Å². The molecule has 1 heterocycles. The molecule has 17 heavy (non-hydrogen) atoms. The van der Waals surface area contributed by atoms with E-state index in [0.717, 1.165) is 17.1 Å². The molecule has 0 bridgehead atoms. The molecular weight excluding hydrogens is 210 g/mol. The Kier molecular flexibility index (Phi) is 4.18. The van der Waals surface area contributed by atoms with Gasteiger partial charge in [0.05, 0.1) is 5.69 Å². The maximum absolute atomic E-state index is 5.71. The molecular formula is C15H21NO. The minimum absolute atomic E-state index is 0.560. The second-order valence-corrected chi connectivity index (χ2v) is 4.77. The van der Waals surface area contributed by atoms with Crippen molar-refractivity contribution in [1.29, 1.82) is 0 Å². The normalized spacial score (nSPS) is 16.8. The van der Waals surface area contributed by atoms with E-state index in [0.29, 0.717) is 12.5 Å². The summed E-state index contributed by atoms with van der Waals surface area (Å²) in [5.74, 6) is 1.53. The minimum atomic E-state index is 0.560. The van der Waals surface area contributed by atoms with E-state index in [2.05, 4.69) is 12.6 Å². The number of hydrogen-bond acceptors (Lipinski definition) is 2. The summed E-state index contributed by atoms with van der Waals surface area (Å²) >= 11 is 0. The Morgan fingerprint density at radius 3 is 2.82 bits per heavy atom. The molecule has 0 amide bonds. The van der Waals surface area contributed by atoms with Crippen molar-refractivity contribution in [3.63, 3.8) is 0 Å². The van der Waals surface area contributed by atoms with E-state index in [-0.39, 0.29) is 0 Å². The first-order chi connectivity index (χ1) is 8.31. The molecule has 0 N–H and O–H groups in total. The molecule has 92 valence electrons. The molecule has 0 saturated heterocycles. The van der Waals surface area contributed by atoms with Crippen LogP contribution in [0.2, 0.25) is 0 Å². The topological polar surface area (TPSA) is 22.1 Å². The fourth-order valence-electron chi connectivity index (χ4n) is 2.50. The Morgan fingerprint density at radius 2 is 2.12 bits per heavy atom. The van der Waals surface area contributed by atoms with Crippen LogP contribution in [0, 0.1) is 6.92 Å². The third-order valence-electron chi connectivity index (χ3n) is 3.37. The van der Waals surface area contributed by atoms with Crippen LogP contribution in [-0.4, -0.2) is 11.6 Å². The van der Waals surface area contributed by atoms with Crippen LogP contribution in [0.15, 0.2) is 24.8 Å². The van der Waals surface area contributed by atoms with Crippen LogP contribution >= 0.6 is 0 Å². The Hall–Kier alpha value is -1.31. The number of hydrogen-bond donors (Lipinski definition) is 0. The van der Waals surface area contributed by atoms with Gasteiger partial charge in [0.15, 0.2) is 0 Å². The first kappa shape index (κ1) is 12.2. The van der Waals surface area contributed by atoms with Crippen molar-refractivity contribution in [2.75, 3.05) is 6.61 Å². The summed E-state index contributed by atoms with van der Waals surface area (Å²) in [7, 11) is 0. The van der Waals surface area contributed by atoms with Crippen LogP contribution in [0.4, 0.5) is 0 Å². The lowest BCUT2D eigenvalue weighted by Gasteiger charge is -2.23. The van der Waals surface area contributed by atoms with Gasteiger partial charge >= 0.3 is 0 Å². The molecule has 1 aliphatic carbocycles. The average Bonchev–Trinajstić information content (AvgIpc) is 2.38. The summed E-state index contributed by atoms with van der Waals surface area (Å²) in [4.78, 5) is 4.69. The van der Waals surface area contributed by atoms with Gasteiger partial charge in [-0.3, -0.25) is 4.98 Å². The van der Waals surface area contributed by atoms with Crippen molar-refractivity contribution >= 4 is 0 Å². The minimum Gasteiger partial charge on any atom is -0.488 e. The third-order valence-corrected chi connectivity index (χ3v) is 3.37. The SMILES string of the molecule is C=CCOc1ccc(C)nc1C1CCCCC1. The van der Waals surface area contributed by atoms with Crippen molar-refractivity contribution in [2.45, 2.75) is 44.9 Å². The molecule has 1 fully saturated rings. The number of pyridine rings is 1. The van der Waals surface area contributed by atoms with Crippen molar-refractivity contribution in [2.24, 2.45) is 0 Å². The van der Waals surface area contributed by atoms with Crippen molar-refractivity contribution in [1.82, 2.24) is 4.98 Å². The summed E-state index contributed by atoms with van der Waals surface area (Å²) in [5, 5.41) is 0. The molecule has 0 spiro atoms. The third kappa shape index (κ3) is 3.09. The summed E-state index contributed by atoms with van der Waals surface area (Å²) in [6.07, 6.45) is 8.29. The molecule has 0 aromatic carbocycles. The van der Waals surface area contributed by atoms with E-state index in [1.54, 1.807) is 6.08 Å². The number of aryl methyl sites for hydroxylation is 1. The highest BCUT2D eigenvalue weighted by Crippen LogP contribution is 2.36. The second kappa shape index (κ2) is 5.85. The molecule has 2 nitrogen and oxygen atoms in total. The second-order valence-electron chi connectivity index (χ2n) is 4.77. The lowest BCUT2D eigenvalue weighted by molar-refractivity contribution is 0.343. The molecule has 0 atom stereocenters.